The van der Waals surface area contributed by atoms with Crippen LogP contribution in [0.2, 0.25) is 0 Å². The van der Waals surface area contributed by atoms with Crippen molar-refractivity contribution in [2.45, 2.75) is 38.8 Å². The molecule has 0 fully saturated rings. The first-order valence-corrected chi connectivity index (χ1v) is 7.27. The fraction of sp³-hybridized carbons (Fsp3) is 0.733. The lowest BCUT2D eigenvalue weighted by atomic mass is 10.0. The number of hydrogen-bond acceptors (Lipinski definition) is 4. The van der Waals surface area contributed by atoms with Gasteiger partial charge in [-0.15, -0.1) is 0 Å². The Kier molecular flexibility index (Phi) is 7.13. The van der Waals surface area contributed by atoms with Crippen molar-refractivity contribution >= 4 is 0 Å². The quantitative estimate of drug-likeness (QED) is 0.746. The lowest BCUT2D eigenvalue weighted by Gasteiger charge is -2.33. The predicted molar refractivity (Wildman–Crippen MR) is 80.1 cm³/mol. The summed E-state index contributed by atoms with van der Waals surface area (Å²) < 4.78 is 5.60. The number of likely N-dealkylation sites (N-methyl/N-ethyl adjacent to an activating group) is 1. The maximum absolute atomic E-state index is 6.30. The molecule has 1 rings (SSSR count). The van der Waals surface area contributed by atoms with E-state index in [0.717, 1.165) is 38.2 Å². The van der Waals surface area contributed by atoms with Crippen molar-refractivity contribution in [3.05, 3.63) is 24.2 Å². The number of rotatable bonds is 9. The molecule has 1 heterocycles. The Labute approximate surface area is 117 Å². The third-order valence-corrected chi connectivity index (χ3v) is 3.56. The Morgan fingerprint density at radius 3 is 2.47 bits per heavy atom. The van der Waals surface area contributed by atoms with E-state index in [9.17, 15) is 0 Å². The lowest BCUT2D eigenvalue weighted by Crippen LogP contribution is -2.41. The number of furan rings is 1. The molecule has 19 heavy (non-hydrogen) atoms. The molecule has 0 aliphatic rings. The summed E-state index contributed by atoms with van der Waals surface area (Å²) in [5, 5.41) is 0. The minimum Gasteiger partial charge on any atom is -0.468 e. The Hall–Kier alpha value is -0.840. The summed E-state index contributed by atoms with van der Waals surface area (Å²) in [6, 6.07) is 4.28. The molecule has 2 unspecified atom stereocenters. The molecule has 2 atom stereocenters. The first-order valence-electron chi connectivity index (χ1n) is 7.27. The fourth-order valence-electron chi connectivity index (χ4n) is 2.43. The van der Waals surface area contributed by atoms with Crippen LogP contribution in [0.25, 0.3) is 0 Å². The minimum absolute atomic E-state index is 0.116. The van der Waals surface area contributed by atoms with Crippen molar-refractivity contribution in [1.29, 1.82) is 0 Å². The van der Waals surface area contributed by atoms with Crippen LogP contribution in [-0.4, -0.2) is 49.6 Å². The number of nitrogens with two attached hydrogens (primary N) is 1. The molecular formula is C15H29N3O. The van der Waals surface area contributed by atoms with E-state index in [0.29, 0.717) is 0 Å². The highest BCUT2D eigenvalue weighted by atomic mass is 16.3. The van der Waals surface area contributed by atoms with Gasteiger partial charge in [-0.05, 0) is 52.2 Å². The minimum atomic E-state index is 0.116. The van der Waals surface area contributed by atoms with E-state index in [1.165, 1.54) is 0 Å². The third-order valence-electron chi connectivity index (χ3n) is 3.56. The largest absolute Gasteiger partial charge is 0.468 e. The molecule has 0 spiro atoms. The monoisotopic (exact) mass is 267 g/mol. The van der Waals surface area contributed by atoms with E-state index in [1.54, 1.807) is 6.26 Å². The zero-order valence-corrected chi connectivity index (χ0v) is 12.8. The summed E-state index contributed by atoms with van der Waals surface area (Å²) in [5.41, 5.74) is 6.30. The Morgan fingerprint density at radius 1 is 1.26 bits per heavy atom. The van der Waals surface area contributed by atoms with E-state index in [2.05, 4.69) is 37.7 Å². The lowest BCUT2D eigenvalue weighted by molar-refractivity contribution is 0.149. The van der Waals surface area contributed by atoms with E-state index < -0.39 is 0 Å². The topological polar surface area (TPSA) is 45.6 Å². The van der Waals surface area contributed by atoms with Gasteiger partial charge in [-0.2, -0.15) is 0 Å². The molecule has 0 saturated carbocycles. The molecule has 4 heteroatoms. The molecule has 0 aromatic carbocycles. The Morgan fingerprint density at radius 2 is 2.00 bits per heavy atom. The van der Waals surface area contributed by atoms with E-state index in [-0.39, 0.29) is 12.1 Å². The van der Waals surface area contributed by atoms with Gasteiger partial charge >= 0.3 is 0 Å². The number of hydrogen-bond donors (Lipinski definition) is 1. The van der Waals surface area contributed by atoms with Crippen LogP contribution in [0.3, 0.4) is 0 Å². The molecule has 2 N–H and O–H groups in total. The average Bonchev–Trinajstić information content (AvgIpc) is 2.90. The van der Waals surface area contributed by atoms with Crippen LogP contribution in [0.4, 0.5) is 0 Å². The fourth-order valence-corrected chi connectivity index (χ4v) is 2.43. The summed E-state index contributed by atoms with van der Waals surface area (Å²) in [6.45, 7) is 7.46. The second-order valence-corrected chi connectivity index (χ2v) is 5.32. The highest BCUT2D eigenvalue weighted by Gasteiger charge is 2.26. The van der Waals surface area contributed by atoms with Gasteiger partial charge in [0.25, 0.3) is 0 Å². The smallest absolute Gasteiger partial charge is 0.122 e. The van der Waals surface area contributed by atoms with Gasteiger partial charge in [0, 0.05) is 12.6 Å². The van der Waals surface area contributed by atoms with Gasteiger partial charge in [0.05, 0.1) is 12.3 Å². The van der Waals surface area contributed by atoms with Crippen molar-refractivity contribution in [3.63, 3.8) is 0 Å². The summed E-state index contributed by atoms with van der Waals surface area (Å²) in [5.74, 6) is 0.987. The normalized spacial score (nSPS) is 15.1. The van der Waals surface area contributed by atoms with Gasteiger partial charge in [0.1, 0.15) is 5.76 Å². The van der Waals surface area contributed by atoms with Gasteiger partial charge in [-0.1, -0.05) is 13.8 Å². The molecule has 1 aromatic heterocycles. The zero-order valence-electron chi connectivity index (χ0n) is 12.8. The molecule has 0 aliphatic carbocycles. The molecule has 1 aromatic rings. The molecule has 4 nitrogen and oxygen atoms in total. The maximum Gasteiger partial charge on any atom is 0.122 e. The summed E-state index contributed by atoms with van der Waals surface area (Å²) in [4.78, 5) is 4.64. The first-order chi connectivity index (χ1) is 9.10. The van der Waals surface area contributed by atoms with Gasteiger partial charge < -0.3 is 15.1 Å². The molecule has 110 valence electrons. The average molecular weight is 267 g/mol. The third kappa shape index (κ3) is 4.97. The van der Waals surface area contributed by atoms with Crippen molar-refractivity contribution in [1.82, 2.24) is 9.80 Å². The van der Waals surface area contributed by atoms with Crippen molar-refractivity contribution in [3.8, 4) is 0 Å². The Balaban J connectivity index is 2.70. The molecule has 0 aliphatic heterocycles. The molecule has 0 saturated heterocycles. The summed E-state index contributed by atoms with van der Waals surface area (Å²) >= 11 is 0. The summed E-state index contributed by atoms with van der Waals surface area (Å²) in [7, 11) is 4.22. The van der Waals surface area contributed by atoms with Crippen LogP contribution in [0.15, 0.2) is 22.8 Å². The van der Waals surface area contributed by atoms with Crippen molar-refractivity contribution < 1.29 is 4.42 Å². The van der Waals surface area contributed by atoms with Gasteiger partial charge in [-0.3, -0.25) is 4.90 Å². The zero-order chi connectivity index (χ0) is 14.3. The Bertz CT molecular complexity index is 324. The second-order valence-electron chi connectivity index (χ2n) is 5.32. The number of nitrogens with zero attached hydrogens (tertiary/aromatic N) is 2. The van der Waals surface area contributed by atoms with E-state index >= 15 is 0 Å². The van der Waals surface area contributed by atoms with E-state index in [1.807, 2.05) is 12.1 Å². The van der Waals surface area contributed by atoms with Gasteiger partial charge in [-0.25, -0.2) is 0 Å². The molecule has 0 amide bonds. The van der Waals surface area contributed by atoms with Crippen LogP contribution in [-0.2, 0) is 0 Å². The van der Waals surface area contributed by atoms with Gasteiger partial charge in [0.15, 0.2) is 0 Å². The highest BCUT2D eigenvalue weighted by molar-refractivity contribution is 5.07. The SMILES string of the molecule is CCC(N)C(c1ccco1)N(CC)CCCN(C)C. The first kappa shape index (κ1) is 16.2. The van der Waals surface area contributed by atoms with Crippen LogP contribution < -0.4 is 5.73 Å². The van der Waals surface area contributed by atoms with Crippen LogP contribution in [0.5, 0.6) is 0 Å². The van der Waals surface area contributed by atoms with Crippen LogP contribution in [0.1, 0.15) is 38.5 Å². The molecule has 0 radical (unpaired) electrons. The second kappa shape index (κ2) is 8.35. The van der Waals surface area contributed by atoms with E-state index in [4.69, 9.17) is 10.2 Å². The van der Waals surface area contributed by atoms with Crippen molar-refractivity contribution in [2.75, 3.05) is 33.7 Å². The summed E-state index contributed by atoms with van der Waals surface area (Å²) in [6.07, 6.45) is 3.84. The standard InChI is InChI=1S/C15H29N3O/c1-5-13(16)15(14-9-7-12-19-14)18(6-2)11-8-10-17(3)4/h7,9,12-13,15H,5-6,8,10-11,16H2,1-4H3. The van der Waals surface area contributed by atoms with Crippen molar-refractivity contribution in [2.24, 2.45) is 5.73 Å². The predicted octanol–water partition coefficient (Wildman–Crippen LogP) is 2.33. The molecular weight excluding hydrogens is 238 g/mol. The highest BCUT2D eigenvalue weighted by Crippen LogP contribution is 2.25. The van der Waals surface area contributed by atoms with Gasteiger partial charge in [0.2, 0.25) is 0 Å². The maximum atomic E-state index is 6.30. The van der Waals surface area contributed by atoms with Crippen LogP contribution in [0, 0.1) is 0 Å². The van der Waals surface area contributed by atoms with Crippen LogP contribution >= 0.6 is 0 Å². The molecule has 0 bridgehead atoms.